The highest BCUT2D eigenvalue weighted by molar-refractivity contribution is 5.82. The fourth-order valence-corrected chi connectivity index (χ4v) is 2.87. The summed E-state index contributed by atoms with van der Waals surface area (Å²) in [5.41, 5.74) is 4.48. The number of nitrogens with zero attached hydrogens (tertiary/aromatic N) is 3. The molecule has 24 heavy (non-hydrogen) atoms. The lowest BCUT2D eigenvalue weighted by Crippen LogP contribution is -2.06. The molecule has 2 aromatic heterocycles. The SMILES string of the molecule is Cc1ccnn1-c1ccccc1NCc1ccc2cnccc2c1. The number of nitrogens with one attached hydrogen (secondary N) is 1. The molecular formula is C20H18N4. The van der Waals surface area contributed by atoms with Crippen molar-refractivity contribution in [3.63, 3.8) is 0 Å². The van der Waals surface area contributed by atoms with E-state index in [4.69, 9.17) is 0 Å². The summed E-state index contributed by atoms with van der Waals surface area (Å²) in [6.45, 7) is 2.82. The lowest BCUT2D eigenvalue weighted by Gasteiger charge is -2.13. The van der Waals surface area contributed by atoms with Gasteiger partial charge in [-0.3, -0.25) is 4.98 Å². The zero-order valence-electron chi connectivity index (χ0n) is 13.5. The molecule has 0 saturated heterocycles. The monoisotopic (exact) mass is 314 g/mol. The minimum absolute atomic E-state index is 0.760. The second-order valence-electron chi connectivity index (χ2n) is 5.81. The first kappa shape index (κ1) is 14.5. The number of aryl methyl sites for hydroxylation is 1. The van der Waals surface area contributed by atoms with E-state index in [0.29, 0.717) is 0 Å². The molecule has 0 aliphatic rings. The van der Waals surface area contributed by atoms with Gasteiger partial charge in [-0.15, -0.1) is 0 Å². The molecule has 0 aliphatic carbocycles. The van der Waals surface area contributed by atoms with Crippen LogP contribution in [0.15, 0.2) is 73.2 Å². The summed E-state index contributed by atoms with van der Waals surface area (Å²) in [4.78, 5) is 4.16. The van der Waals surface area contributed by atoms with Gasteiger partial charge in [-0.1, -0.05) is 24.3 Å². The van der Waals surface area contributed by atoms with E-state index < -0.39 is 0 Å². The van der Waals surface area contributed by atoms with Crippen LogP contribution in [0.1, 0.15) is 11.3 Å². The molecule has 1 N–H and O–H groups in total. The van der Waals surface area contributed by atoms with Crippen molar-refractivity contribution in [2.75, 3.05) is 5.32 Å². The quantitative estimate of drug-likeness (QED) is 0.609. The van der Waals surface area contributed by atoms with Crippen LogP contribution in [0.4, 0.5) is 5.69 Å². The van der Waals surface area contributed by atoms with Crippen molar-refractivity contribution < 1.29 is 0 Å². The highest BCUT2D eigenvalue weighted by atomic mass is 15.3. The minimum Gasteiger partial charge on any atom is -0.379 e. The standard InChI is InChI=1S/C20H18N4/c1-15-8-11-23-24(15)20-5-3-2-4-19(20)22-13-16-6-7-18-14-21-10-9-17(18)12-16/h2-12,14,22H,13H2,1H3. The van der Waals surface area contributed by atoms with Gasteiger partial charge in [0.25, 0.3) is 0 Å². The smallest absolute Gasteiger partial charge is 0.0880 e. The third-order valence-electron chi connectivity index (χ3n) is 4.15. The van der Waals surface area contributed by atoms with Crippen LogP contribution < -0.4 is 5.32 Å². The van der Waals surface area contributed by atoms with Gasteiger partial charge in [0.05, 0.1) is 11.4 Å². The number of benzene rings is 2. The van der Waals surface area contributed by atoms with Crippen molar-refractivity contribution in [3.8, 4) is 5.69 Å². The van der Waals surface area contributed by atoms with E-state index in [-0.39, 0.29) is 0 Å². The molecule has 0 radical (unpaired) electrons. The lowest BCUT2D eigenvalue weighted by atomic mass is 10.1. The van der Waals surface area contributed by atoms with Crippen LogP contribution in [0.25, 0.3) is 16.5 Å². The summed E-state index contributed by atoms with van der Waals surface area (Å²) in [6, 6.07) is 18.7. The van der Waals surface area contributed by atoms with E-state index in [1.54, 1.807) is 0 Å². The Morgan fingerprint density at radius 2 is 1.88 bits per heavy atom. The number of para-hydroxylation sites is 2. The molecule has 0 spiro atoms. The molecule has 2 heterocycles. The van der Waals surface area contributed by atoms with Crippen molar-refractivity contribution in [2.45, 2.75) is 13.5 Å². The highest BCUT2D eigenvalue weighted by Crippen LogP contribution is 2.22. The molecule has 4 nitrogen and oxygen atoms in total. The van der Waals surface area contributed by atoms with Gasteiger partial charge in [0.15, 0.2) is 0 Å². The molecule has 118 valence electrons. The van der Waals surface area contributed by atoms with Crippen molar-refractivity contribution in [2.24, 2.45) is 0 Å². The maximum atomic E-state index is 4.41. The van der Waals surface area contributed by atoms with Gasteiger partial charge < -0.3 is 5.32 Å². The maximum Gasteiger partial charge on any atom is 0.0880 e. The predicted molar refractivity (Wildman–Crippen MR) is 97.4 cm³/mol. The number of aromatic nitrogens is 3. The fraction of sp³-hybridized carbons (Fsp3) is 0.100. The van der Waals surface area contributed by atoms with Crippen LogP contribution in [0.2, 0.25) is 0 Å². The number of hydrogen-bond acceptors (Lipinski definition) is 3. The Labute approximate surface area is 140 Å². The number of anilines is 1. The Bertz CT molecular complexity index is 988. The van der Waals surface area contributed by atoms with E-state index >= 15 is 0 Å². The molecule has 0 amide bonds. The van der Waals surface area contributed by atoms with Gasteiger partial charge in [-0.2, -0.15) is 5.10 Å². The van der Waals surface area contributed by atoms with Crippen LogP contribution >= 0.6 is 0 Å². The van der Waals surface area contributed by atoms with Crippen molar-refractivity contribution in [1.82, 2.24) is 14.8 Å². The second-order valence-corrected chi connectivity index (χ2v) is 5.81. The van der Waals surface area contributed by atoms with Crippen LogP contribution in [0, 0.1) is 6.92 Å². The first-order valence-electron chi connectivity index (χ1n) is 7.98. The molecule has 0 unspecified atom stereocenters. The second kappa shape index (κ2) is 6.16. The fourth-order valence-electron chi connectivity index (χ4n) is 2.87. The van der Waals surface area contributed by atoms with E-state index in [1.807, 2.05) is 47.5 Å². The average Bonchev–Trinajstić information content (AvgIpc) is 3.06. The summed E-state index contributed by atoms with van der Waals surface area (Å²) in [5.74, 6) is 0. The van der Waals surface area contributed by atoms with Gasteiger partial charge in [0.1, 0.15) is 0 Å². The Kier molecular flexibility index (Phi) is 3.71. The molecule has 0 aliphatic heterocycles. The molecule has 0 atom stereocenters. The third-order valence-corrected chi connectivity index (χ3v) is 4.15. The van der Waals surface area contributed by atoms with E-state index in [9.17, 15) is 0 Å². The molecule has 0 fully saturated rings. The summed E-state index contributed by atoms with van der Waals surface area (Å²) < 4.78 is 1.95. The van der Waals surface area contributed by atoms with E-state index in [0.717, 1.165) is 29.0 Å². The average molecular weight is 314 g/mol. The summed E-state index contributed by atoms with van der Waals surface area (Å²) in [7, 11) is 0. The van der Waals surface area contributed by atoms with E-state index in [1.165, 1.54) is 10.9 Å². The molecule has 0 saturated carbocycles. The van der Waals surface area contributed by atoms with Crippen LogP contribution in [0.3, 0.4) is 0 Å². The summed E-state index contributed by atoms with van der Waals surface area (Å²) in [5, 5.41) is 10.3. The maximum absolute atomic E-state index is 4.41. The highest BCUT2D eigenvalue weighted by Gasteiger charge is 2.06. The number of hydrogen-bond donors (Lipinski definition) is 1. The van der Waals surface area contributed by atoms with Gasteiger partial charge >= 0.3 is 0 Å². The molecule has 4 aromatic rings. The van der Waals surface area contributed by atoms with Gasteiger partial charge in [-0.05, 0) is 48.2 Å². The van der Waals surface area contributed by atoms with Crippen LogP contribution in [-0.2, 0) is 6.54 Å². The Hall–Kier alpha value is -3.14. The molecular weight excluding hydrogens is 296 g/mol. The molecule has 2 aromatic carbocycles. The number of rotatable bonds is 4. The summed E-state index contributed by atoms with van der Waals surface area (Å²) >= 11 is 0. The zero-order valence-corrected chi connectivity index (χ0v) is 13.5. The van der Waals surface area contributed by atoms with Gasteiger partial charge in [-0.25, -0.2) is 4.68 Å². The van der Waals surface area contributed by atoms with E-state index in [2.05, 4.69) is 52.7 Å². The van der Waals surface area contributed by atoms with Gasteiger partial charge in [0.2, 0.25) is 0 Å². The predicted octanol–water partition coefficient (Wildman–Crippen LogP) is 4.34. The van der Waals surface area contributed by atoms with Crippen molar-refractivity contribution >= 4 is 16.5 Å². The molecule has 0 bridgehead atoms. The summed E-state index contributed by atoms with van der Waals surface area (Å²) in [6.07, 6.45) is 5.54. The van der Waals surface area contributed by atoms with Crippen molar-refractivity contribution in [3.05, 3.63) is 84.4 Å². The van der Waals surface area contributed by atoms with Gasteiger partial charge in [0, 0.05) is 36.2 Å². The largest absolute Gasteiger partial charge is 0.379 e. The Morgan fingerprint density at radius 3 is 2.75 bits per heavy atom. The topological polar surface area (TPSA) is 42.7 Å². The first-order chi connectivity index (χ1) is 11.8. The molecule has 4 heteroatoms. The normalized spacial score (nSPS) is 10.9. The Balaban J connectivity index is 1.60. The molecule has 4 rings (SSSR count). The zero-order chi connectivity index (χ0) is 16.4. The Morgan fingerprint density at radius 1 is 0.958 bits per heavy atom. The lowest BCUT2D eigenvalue weighted by molar-refractivity contribution is 0.846. The first-order valence-corrected chi connectivity index (χ1v) is 7.98. The third kappa shape index (κ3) is 2.74. The number of fused-ring (bicyclic) bond motifs is 1. The van der Waals surface area contributed by atoms with Crippen LogP contribution in [-0.4, -0.2) is 14.8 Å². The minimum atomic E-state index is 0.760. The van der Waals surface area contributed by atoms with Crippen LogP contribution in [0.5, 0.6) is 0 Å². The number of pyridine rings is 1. The van der Waals surface area contributed by atoms with Crippen molar-refractivity contribution in [1.29, 1.82) is 0 Å².